The zero-order valence-electron chi connectivity index (χ0n) is 13.1. The Morgan fingerprint density at radius 3 is 2.62 bits per heavy atom. The highest BCUT2D eigenvalue weighted by Gasteiger charge is 2.11. The molecule has 0 saturated heterocycles. The first-order valence-electron chi connectivity index (χ1n) is 7.57. The lowest BCUT2D eigenvalue weighted by atomic mass is 10.0. The van der Waals surface area contributed by atoms with Crippen molar-refractivity contribution >= 4 is 38.4 Å². The summed E-state index contributed by atoms with van der Waals surface area (Å²) < 4.78 is 0. The van der Waals surface area contributed by atoms with Gasteiger partial charge in [-0.2, -0.15) is 0 Å². The summed E-state index contributed by atoms with van der Waals surface area (Å²) in [6.07, 6.45) is 10.5. The number of anilines is 1. The second kappa shape index (κ2) is 5.66. The van der Waals surface area contributed by atoms with Crippen LogP contribution in [0.4, 0.5) is 5.82 Å². The molecule has 0 aliphatic heterocycles. The molecule has 0 fully saturated rings. The molecule has 5 rings (SSSR count). The van der Waals surface area contributed by atoms with Crippen molar-refractivity contribution in [3.63, 3.8) is 0 Å². The number of nitrogen functional groups attached to an aromatic ring is 1. The Morgan fingerprint density at radius 1 is 0.958 bits per heavy atom. The largest absolute Gasteiger partial charge is 0.383 e. The second-order valence-corrected chi connectivity index (χ2v) is 5.52. The number of aryl methyl sites for hydroxylation is 1. The molecule has 4 N–H and O–H groups in total. The molecule has 118 valence electrons. The van der Waals surface area contributed by atoms with Gasteiger partial charge in [0.1, 0.15) is 5.82 Å². The maximum atomic E-state index is 5.99. The van der Waals surface area contributed by atoms with E-state index in [1.54, 1.807) is 31.1 Å². The minimum atomic E-state index is 0.570. The van der Waals surface area contributed by atoms with Gasteiger partial charge in [-0.3, -0.25) is 4.98 Å². The summed E-state index contributed by atoms with van der Waals surface area (Å²) in [5.74, 6) is 0.570. The van der Waals surface area contributed by atoms with E-state index in [2.05, 4.69) is 37.9 Å². The fourth-order valence-corrected chi connectivity index (χ4v) is 2.96. The van der Waals surface area contributed by atoms with Crippen LogP contribution in [0.15, 0.2) is 55.5 Å². The number of benzene rings is 1. The van der Waals surface area contributed by atoms with Gasteiger partial charge in [-0.15, -0.1) is 0 Å². The van der Waals surface area contributed by atoms with Crippen LogP contribution in [0.25, 0.3) is 32.6 Å². The van der Waals surface area contributed by atoms with Gasteiger partial charge in [0.05, 0.1) is 11.8 Å². The molecule has 0 saturated carbocycles. The zero-order valence-corrected chi connectivity index (χ0v) is 13.1. The van der Waals surface area contributed by atoms with Gasteiger partial charge in [0.15, 0.2) is 0 Å². The summed E-state index contributed by atoms with van der Waals surface area (Å²) in [6.45, 7) is 2.10. The van der Waals surface area contributed by atoms with E-state index in [4.69, 9.17) is 5.73 Å². The molecular formula is C18H16N6. The van der Waals surface area contributed by atoms with Crippen LogP contribution in [0.2, 0.25) is 0 Å². The fraction of sp³-hybridized carbons (Fsp3) is 0.0556. The van der Waals surface area contributed by atoms with Crippen LogP contribution in [0.1, 0.15) is 5.56 Å². The normalized spacial score (nSPS) is 10.9. The van der Waals surface area contributed by atoms with Crippen LogP contribution in [0.3, 0.4) is 0 Å². The van der Waals surface area contributed by atoms with Crippen molar-refractivity contribution in [1.29, 1.82) is 0 Å². The third-order valence-electron chi connectivity index (χ3n) is 4.13. The number of aromatic nitrogens is 5. The van der Waals surface area contributed by atoms with Crippen molar-refractivity contribution in [1.82, 2.24) is 24.9 Å². The van der Waals surface area contributed by atoms with Crippen LogP contribution < -0.4 is 5.73 Å². The SMILES string of the molecule is Cc1c2ccnc(N)c2cc2c1[nH]c1ccncc12.c1c[nH]cn1. The van der Waals surface area contributed by atoms with Crippen molar-refractivity contribution in [2.24, 2.45) is 0 Å². The van der Waals surface area contributed by atoms with Crippen LogP contribution in [0, 0.1) is 6.92 Å². The van der Waals surface area contributed by atoms with Gasteiger partial charge < -0.3 is 15.7 Å². The molecule has 0 bridgehead atoms. The predicted molar refractivity (Wildman–Crippen MR) is 96.6 cm³/mol. The third kappa shape index (κ3) is 2.25. The molecule has 0 atom stereocenters. The molecule has 0 aliphatic carbocycles. The van der Waals surface area contributed by atoms with Crippen molar-refractivity contribution in [2.75, 3.05) is 5.73 Å². The second-order valence-electron chi connectivity index (χ2n) is 5.52. The monoisotopic (exact) mass is 316 g/mol. The molecule has 24 heavy (non-hydrogen) atoms. The Bertz CT molecular complexity index is 1110. The topological polar surface area (TPSA) is 96.3 Å². The number of fused-ring (bicyclic) bond motifs is 4. The molecule has 0 unspecified atom stereocenters. The summed E-state index contributed by atoms with van der Waals surface area (Å²) >= 11 is 0. The summed E-state index contributed by atoms with van der Waals surface area (Å²) in [5.41, 5.74) is 9.42. The summed E-state index contributed by atoms with van der Waals surface area (Å²) in [5, 5.41) is 4.40. The summed E-state index contributed by atoms with van der Waals surface area (Å²) in [6, 6.07) is 6.09. The van der Waals surface area contributed by atoms with Crippen LogP contribution in [-0.4, -0.2) is 24.9 Å². The standard InChI is InChI=1S/C15H12N4.C3H4N2/c1-8-9-2-5-18-15(16)11(9)6-10-12-7-17-4-3-13(12)19-14(8)10;1-2-5-3-4-1/h2-7,19H,1H3,(H2,16,18);1-3H,(H,4,5). The lowest BCUT2D eigenvalue weighted by Gasteiger charge is -2.05. The van der Waals surface area contributed by atoms with Gasteiger partial charge in [0, 0.05) is 52.7 Å². The van der Waals surface area contributed by atoms with E-state index in [0.29, 0.717) is 5.82 Å². The van der Waals surface area contributed by atoms with Crippen molar-refractivity contribution in [3.05, 3.63) is 61.1 Å². The first kappa shape index (κ1) is 14.2. The van der Waals surface area contributed by atoms with E-state index in [-0.39, 0.29) is 0 Å². The average molecular weight is 316 g/mol. The Morgan fingerprint density at radius 2 is 1.88 bits per heavy atom. The van der Waals surface area contributed by atoms with Crippen molar-refractivity contribution in [2.45, 2.75) is 6.92 Å². The smallest absolute Gasteiger partial charge is 0.131 e. The average Bonchev–Trinajstić information content (AvgIpc) is 3.28. The van der Waals surface area contributed by atoms with E-state index >= 15 is 0 Å². The number of pyridine rings is 2. The fourth-order valence-electron chi connectivity index (χ4n) is 2.96. The van der Waals surface area contributed by atoms with Crippen molar-refractivity contribution < 1.29 is 0 Å². The minimum Gasteiger partial charge on any atom is -0.383 e. The van der Waals surface area contributed by atoms with Crippen LogP contribution in [-0.2, 0) is 0 Å². The highest BCUT2D eigenvalue weighted by atomic mass is 14.8. The Labute approximate surface area is 137 Å². The quantitative estimate of drug-likeness (QED) is 0.407. The highest BCUT2D eigenvalue weighted by molar-refractivity contribution is 6.14. The number of nitrogens with one attached hydrogen (secondary N) is 2. The number of imidazole rings is 1. The van der Waals surface area contributed by atoms with Gasteiger partial charge in [-0.1, -0.05) is 0 Å². The maximum Gasteiger partial charge on any atom is 0.131 e. The van der Waals surface area contributed by atoms with Crippen LogP contribution in [0.5, 0.6) is 0 Å². The Kier molecular flexibility index (Phi) is 3.35. The Hall–Kier alpha value is -3.41. The van der Waals surface area contributed by atoms with E-state index in [0.717, 1.165) is 32.6 Å². The molecule has 1 aromatic carbocycles. The molecular weight excluding hydrogens is 300 g/mol. The van der Waals surface area contributed by atoms with Gasteiger partial charge in [-0.05, 0) is 36.1 Å². The number of hydrogen-bond acceptors (Lipinski definition) is 4. The summed E-state index contributed by atoms with van der Waals surface area (Å²) in [7, 11) is 0. The molecule has 0 amide bonds. The molecule has 4 heterocycles. The van der Waals surface area contributed by atoms with Gasteiger partial charge in [0.25, 0.3) is 0 Å². The number of hydrogen-bond donors (Lipinski definition) is 3. The van der Waals surface area contributed by atoms with Crippen molar-refractivity contribution in [3.8, 4) is 0 Å². The lowest BCUT2D eigenvalue weighted by molar-refractivity contribution is 1.31. The van der Waals surface area contributed by atoms with Gasteiger partial charge in [-0.25, -0.2) is 9.97 Å². The van der Waals surface area contributed by atoms with Gasteiger partial charge >= 0.3 is 0 Å². The Balaban J connectivity index is 0.000000252. The predicted octanol–water partition coefficient (Wildman–Crippen LogP) is 3.56. The molecule has 6 nitrogen and oxygen atoms in total. The van der Waals surface area contributed by atoms with E-state index in [1.165, 1.54) is 5.56 Å². The number of aromatic amines is 2. The first-order chi connectivity index (χ1) is 11.8. The maximum absolute atomic E-state index is 5.99. The number of nitrogens with zero attached hydrogens (tertiary/aromatic N) is 3. The molecule has 0 radical (unpaired) electrons. The van der Waals surface area contributed by atoms with Crippen LogP contribution >= 0.6 is 0 Å². The highest BCUT2D eigenvalue weighted by Crippen LogP contribution is 2.33. The minimum absolute atomic E-state index is 0.570. The molecule has 0 aliphatic rings. The third-order valence-corrected chi connectivity index (χ3v) is 4.13. The van der Waals surface area contributed by atoms with E-state index in [1.807, 2.05) is 18.3 Å². The lowest BCUT2D eigenvalue weighted by Crippen LogP contribution is -1.92. The zero-order chi connectivity index (χ0) is 16.5. The number of H-pyrrole nitrogens is 2. The van der Waals surface area contributed by atoms with E-state index < -0.39 is 0 Å². The molecule has 5 aromatic rings. The van der Waals surface area contributed by atoms with E-state index in [9.17, 15) is 0 Å². The molecule has 0 spiro atoms. The van der Waals surface area contributed by atoms with Gasteiger partial charge in [0.2, 0.25) is 0 Å². The number of rotatable bonds is 0. The first-order valence-corrected chi connectivity index (χ1v) is 7.57. The molecule has 4 aromatic heterocycles. The molecule has 6 heteroatoms. The number of nitrogens with two attached hydrogens (primary N) is 1. The summed E-state index contributed by atoms with van der Waals surface area (Å²) in [4.78, 5) is 18.2.